The third-order valence-electron chi connectivity index (χ3n) is 2.53. The van der Waals surface area contributed by atoms with Gasteiger partial charge in [-0.2, -0.15) is 0 Å². The summed E-state index contributed by atoms with van der Waals surface area (Å²) in [7, 11) is 0. The normalized spacial score (nSPS) is 30.1. The van der Waals surface area contributed by atoms with Crippen LogP contribution in [-0.4, -0.2) is 10.2 Å². The second-order valence-corrected chi connectivity index (χ2v) is 5.08. The van der Waals surface area contributed by atoms with Gasteiger partial charge in [0.15, 0.2) is 0 Å². The molecule has 1 saturated carbocycles. The molecule has 0 nitrogen and oxygen atoms in total. The molecule has 0 aromatic heterocycles. The fourth-order valence-electron chi connectivity index (χ4n) is 1.70. The van der Waals surface area contributed by atoms with E-state index >= 15 is 0 Å². The molecule has 0 unspecified atom stereocenters. The van der Waals surface area contributed by atoms with E-state index < -0.39 is 4.33 Å². The molecule has 2 atom stereocenters. The summed E-state index contributed by atoms with van der Waals surface area (Å²) in [6.45, 7) is 0. The van der Waals surface area contributed by atoms with Gasteiger partial charge in [-0.1, -0.05) is 30.3 Å². The third kappa shape index (κ3) is 1.56. The quantitative estimate of drug-likeness (QED) is 0.684. The maximum Gasteiger partial charge on any atom is 0.130 e. The van der Waals surface area contributed by atoms with E-state index in [9.17, 15) is 0 Å². The predicted octanol–water partition coefficient (Wildman–Crippen LogP) is 3.81. The fraction of sp³-hybridized carbons (Fsp3) is 0.400. The molecule has 0 radical (unpaired) electrons. The average Bonchev–Trinajstić information content (AvgIpc) is 2.69. The third-order valence-corrected chi connectivity index (χ3v) is 3.89. The summed E-state index contributed by atoms with van der Waals surface area (Å²) < 4.78 is -0.650. The van der Waals surface area contributed by atoms with E-state index in [4.69, 9.17) is 34.8 Å². The van der Waals surface area contributed by atoms with Crippen molar-refractivity contribution in [3.8, 4) is 0 Å². The van der Waals surface area contributed by atoms with Gasteiger partial charge in [-0.15, -0.1) is 34.8 Å². The second kappa shape index (κ2) is 3.34. The summed E-state index contributed by atoms with van der Waals surface area (Å²) >= 11 is 17.9. The number of hydrogen-bond donors (Lipinski definition) is 0. The van der Waals surface area contributed by atoms with E-state index in [0.717, 1.165) is 0 Å². The minimum atomic E-state index is -0.650. The van der Waals surface area contributed by atoms with E-state index in [1.54, 1.807) is 0 Å². The highest BCUT2D eigenvalue weighted by atomic mass is 35.5. The maximum absolute atomic E-state index is 6.09. The van der Waals surface area contributed by atoms with Crippen molar-refractivity contribution in [3.05, 3.63) is 35.9 Å². The Hall–Kier alpha value is 0.0900. The Morgan fingerprint density at radius 2 is 1.77 bits per heavy atom. The molecule has 0 aliphatic heterocycles. The van der Waals surface area contributed by atoms with Crippen LogP contribution < -0.4 is 0 Å². The first-order valence-corrected chi connectivity index (χ1v) is 5.45. The van der Waals surface area contributed by atoms with Gasteiger partial charge in [-0.25, -0.2) is 0 Å². The summed E-state index contributed by atoms with van der Waals surface area (Å²) in [6, 6.07) is 10.0. The first-order valence-electron chi connectivity index (χ1n) is 4.16. The van der Waals surface area contributed by atoms with Crippen molar-refractivity contribution in [2.24, 2.45) is 5.92 Å². The zero-order valence-electron chi connectivity index (χ0n) is 6.88. The van der Waals surface area contributed by atoms with Crippen LogP contribution in [0.1, 0.15) is 11.5 Å². The number of hydrogen-bond acceptors (Lipinski definition) is 0. The summed E-state index contributed by atoms with van der Waals surface area (Å²) in [5, 5.41) is 0. The van der Waals surface area contributed by atoms with Gasteiger partial charge < -0.3 is 0 Å². The average molecular weight is 236 g/mol. The molecule has 0 saturated heterocycles. The number of halogens is 3. The van der Waals surface area contributed by atoms with E-state index in [1.807, 2.05) is 30.3 Å². The number of rotatable bonds is 2. The molecule has 13 heavy (non-hydrogen) atoms. The molecule has 3 heteroatoms. The molecule has 1 aliphatic carbocycles. The second-order valence-electron chi connectivity index (χ2n) is 3.32. The Labute approximate surface area is 92.8 Å². The van der Waals surface area contributed by atoms with Crippen LogP contribution >= 0.6 is 34.8 Å². The van der Waals surface area contributed by atoms with Gasteiger partial charge in [0, 0.05) is 17.7 Å². The smallest absolute Gasteiger partial charge is 0.126 e. The largest absolute Gasteiger partial charge is 0.130 e. The Morgan fingerprint density at radius 3 is 2.23 bits per heavy atom. The molecule has 1 fully saturated rings. The Bertz CT molecular complexity index is 294. The van der Waals surface area contributed by atoms with Crippen molar-refractivity contribution in [2.45, 2.75) is 10.3 Å². The summed E-state index contributed by atoms with van der Waals surface area (Å²) in [5.41, 5.74) is 1.18. The van der Waals surface area contributed by atoms with E-state index in [-0.39, 0.29) is 11.8 Å². The summed E-state index contributed by atoms with van der Waals surface area (Å²) in [5.74, 6) is 0.918. The van der Waals surface area contributed by atoms with Gasteiger partial charge in [-0.05, 0) is 5.56 Å². The van der Waals surface area contributed by atoms with Crippen LogP contribution in [0, 0.1) is 5.92 Å². The SMILES string of the molecule is ClC[C@H]1[C@@H](c2ccccc2)C1(Cl)Cl. The molecule has 0 N–H and O–H groups in total. The van der Waals surface area contributed by atoms with Crippen LogP contribution in [0.15, 0.2) is 30.3 Å². The van der Waals surface area contributed by atoms with Crippen molar-refractivity contribution >= 4 is 34.8 Å². The van der Waals surface area contributed by atoms with Gasteiger partial charge in [0.2, 0.25) is 0 Å². The maximum atomic E-state index is 6.09. The molecule has 0 amide bonds. The van der Waals surface area contributed by atoms with Gasteiger partial charge >= 0.3 is 0 Å². The number of benzene rings is 1. The van der Waals surface area contributed by atoms with Crippen LogP contribution in [-0.2, 0) is 0 Å². The predicted molar refractivity (Wildman–Crippen MR) is 57.8 cm³/mol. The van der Waals surface area contributed by atoms with Gasteiger partial charge in [0.25, 0.3) is 0 Å². The molecule has 0 bridgehead atoms. The summed E-state index contributed by atoms with van der Waals surface area (Å²) in [6.07, 6.45) is 0. The van der Waals surface area contributed by atoms with Crippen molar-refractivity contribution in [1.82, 2.24) is 0 Å². The van der Waals surface area contributed by atoms with E-state index in [2.05, 4.69) is 0 Å². The van der Waals surface area contributed by atoms with Crippen molar-refractivity contribution in [2.75, 3.05) is 5.88 Å². The molecule has 1 aromatic carbocycles. The van der Waals surface area contributed by atoms with Crippen molar-refractivity contribution in [1.29, 1.82) is 0 Å². The van der Waals surface area contributed by atoms with Crippen LogP contribution in [0.25, 0.3) is 0 Å². The molecular weight excluding hydrogens is 226 g/mol. The zero-order valence-corrected chi connectivity index (χ0v) is 9.15. The van der Waals surface area contributed by atoms with Crippen molar-refractivity contribution in [3.63, 3.8) is 0 Å². The Kier molecular flexibility index (Phi) is 2.48. The molecule has 0 spiro atoms. The molecule has 0 heterocycles. The lowest BCUT2D eigenvalue weighted by Crippen LogP contribution is -1.90. The Balaban J connectivity index is 2.22. The first-order chi connectivity index (χ1) is 6.18. The molecule has 70 valence electrons. The van der Waals surface area contributed by atoms with Crippen LogP contribution in [0.5, 0.6) is 0 Å². The van der Waals surface area contributed by atoms with Crippen molar-refractivity contribution < 1.29 is 0 Å². The lowest BCUT2D eigenvalue weighted by atomic mass is 10.1. The summed E-state index contributed by atoms with van der Waals surface area (Å²) in [4.78, 5) is 0. The van der Waals surface area contributed by atoms with Crippen LogP contribution in [0.4, 0.5) is 0 Å². The molecule has 1 aliphatic rings. The highest BCUT2D eigenvalue weighted by Crippen LogP contribution is 2.65. The van der Waals surface area contributed by atoms with Gasteiger partial charge in [0.1, 0.15) is 4.33 Å². The standard InChI is InChI=1S/C10H9Cl3/c11-6-8-9(10(8,12)13)7-4-2-1-3-5-7/h1-5,8-9H,6H2/t8-,9+/m0/s1. The minimum Gasteiger partial charge on any atom is -0.126 e. The fourth-order valence-corrected chi connectivity index (χ4v) is 3.11. The molecular formula is C10H9Cl3. The first kappa shape index (κ1) is 9.64. The van der Waals surface area contributed by atoms with Crippen LogP contribution in [0.3, 0.4) is 0 Å². The van der Waals surface area contributed by atoms with E-state index in [1.165, 1.54) is 5.56 Å². The molecule has 2 rings (SSSR count). The topological polar surface area (TPSA) is 0 Å². The highest BCUT2D eigenvalue weighted by molar-refractivity contribution is 6.52. The van der Waals surface area contributed by atoms with Crippen LogP contribution in [0.2, 0.25) is 0 Å². The van der Waals surface area contributed by atoms with E-state index in [0.29, 0.717) is 5.88 Å². The van der Waals surface area contributed by atoms with Gasteiger partial charge in [0.05, 0.1) is 0 Å². The zero-order chi connectivity index (χ0) is 9.47. The Morgan fingerprint density at radius 1 is 1.15 bits per heavy atom. The number of alkyl halides is 3. The lowest BCUT2D eigenvalue weighted by Gasteiger charge is -1.98. The monoisotopic (exact) mass is 234 g/mol. The van der Waals surface area contributed by atoms with Gasteiger partial charge in [-0.3, -0.25) is 0 Å². The molecule has 1 aromatic rings. The minimum absolute atomic E-state index is 0.194. The lowest BCUT2D eigenvalue weighted by molar-refractivity contribution is 0.920. The highest BCUT2D eigenvalue weighted by Gasteiger charge is 2.62.